The van der Waals surface area contributed by atoms with Crippen LogP contribution in [0.3, 0.4) is 0 Å². The highest BCUT2D eigenvalue weighted by atomic mass is 32.2. The zero-order valence-corrected chi connectivity index (χ0v) is 11.4. The Balaban J connectivity index is 1.91. The number of carboxylic acids is 1. The van der Waals surface area contributed by atoms with E-state index in [0.717, 1.165) is 0 Å². The fourth-order valence-electron chi connectivity index (χ4n) is 2.35. The number of fused-ring (bicyclic) bond motifs is 1. The van der Waals surface area contributed by atoms with Gasteiger partial charge in [-0.15, -0.1) is 0 Å². The van der Waals surface area contributed by atoms with Crippen LogP contribution in [0.4, 0.5) is 0 Å². The van der Waals surface area contributed by atoms with Crippen LogP contribution in [0.15, 0.2) is 18.3 Å². The number of aromatic carboxylic acids is 1. The van der Waals surface area contributed by atoms with Gasteiger partial charge >= 0.3 is 5.97 Å². The molecule has 0 aliphatic carbocycles. The molecule has 1 N–H and O–H groups in total. The summed E-state index contributed by atoms with van der Waals surface area (Å²) >= 11 is 0. The second-order valence-corrected chi connectivity index (χ2v) is 7.23. The van der Waals surface area contributed by atoms with Crippen LogP contribution in [0.1, 0.15) is 34.9 Å². The Morgan fingerprint density at radius 1 is 1.30 bits per heavy atom. The Kier molecular flexibility index (Phi) is 2.97. The van der Waals surface area contributed by atoms with E-state index < -0.39 is 15.8 Å². The van der Waals surface area contributed by atoms with Gasteiger partial charge in [0, 0.05) is 12.1 Å². The van der Waals surface area contributed by atoms with Crippen LogP contribution in [-0.2, 0) is 9.84 Å². The fourth-order valence-corrected chi connectivity index (χ4v) is 3.84. The summed E-state index contributed by atoms with van der Waals surface area (Å²) in [7, 11) is -2.91. The van der Waals surface area contributed by atoms with Crippen molar-refractivity contribution in [2.75, 3.05) is 11.5 Å². The summed E-state index contributed by atoms with van der Waals surface area (Å²) in [5, 5.41) is 13.2. The molecule has 0 amide bonds. The average Bonchev–Trinajstić information content (AvgIpc) is 2.81. The summed E-state index contributed by atoms with van der Waals surface area (Å²) in [5.74, 6) is -0.0943. The van der Waals surface area contributed by atoms with Gasteiger partial charge in [-0.2, -0.15) is 5.10 Å². The van der Waals surface area contributed by atoms with Crippen molar-refractivity contribution in [1.82, 2.24) is 14.6 Å². The van der Waals surface area contributed by atoms with Crippen LogP contribution in [0, 0.1) is 0 Å². The van der Waals surface area contributed by atoms with Crippen LogP contribution in [-0.4, -0.2) is 45.6 Å². The number of hydrogen-bond acceptors (Lipinski definition) is 5. The van der Waals surface area contributed by atoms with E-state index in [2.05, 4.69) is 10.1 Å². The van der Waals surface area contributed by atoms with Crippen molar-refractivity contribution in [3.8, 4) is 0 Å². The van der Waals surface area contributed by atoms with Crippen molar-refractivity contribution in [1.29, 1.82) is 0 Å². The summed E-state index contributed by atoms with van der Waals surface area (Å²) in [6.07, 6.45) is 2.45. The topological polar surface area (TPSA) is 102 Å². The first-order chi connectivity index (χ1) is 9.44. The lowest BCUT2D eigenvalue weighted by molar-refractivity contribution is 0.0696. The van der Waals surface area contributed by atoms with Gasteiger partial charge in [0.25, 0.3) is 0 Å². The predicted molar refractivity (Wildman–Crippen MR) is 70.6 cm³/mol. The summed E-state index contributed by atoms with van der Waals surface area (Å²) in [6.45, 7) is 0. The van der Waals surface area contributed by atoms with Gasteiger partial charge in [-0.3, -0.25) is 0 Å². The minimum Gasteiger partial charge on any atom is -0.478 e. The van der Waals surface area contributed by atoms with Crippen LogP contribution in [0.25, 0.3) is 5.65 Å². The van der Waals surface area contributed by atoms with E-state index >= 15 is 0 Å². The van der Waals surface area contributed by atoms with E-state index in [0.29, 0.717) is 24.3 Å². The zero-order chi connectivity index (χ0) is 14.3. The summed E-state index contributed by atoms with van der Waals surface area (Å²) < 4.78 is 24.2. The molecule has 1 aliphatic rings. The Labute approximate surface area is 115 Å². The molecule has 20 heavy (non-hydrogen) atoms. The number of pyridine rings is 1. The van der Waals surface area contributed by atoms with Crippen molar-refractivity contribution in [2.45, 2.75) is 18.8 Å². The van der Waals surface area contributed by atoms with E-state index in [4.69, 9.17) is 5.11 Å². The molecule has 106 valence electrons. The van der Waals surface area contributed by atoms with Gasteiger partial charge in [0.05, 0.1) is 17.1 Å². The fraction of sp³-hybridized carbons (Fsp3) is 0.417. The molecule has 2 aromatic rings. The maximum absolute atomic E-state index is 11.4. The van der Waals surface area contributed by atoms with Crippen molar-refractivity contribution >= 4 is 21.5 Å². The van der Waals surface area contributed by atoms with Crippen LogP contribution < -0.4 is 0 Å². The molecule has 1 aliphatic heterocycles. The number of carbonyl (C=O) groups is 1. The third kappa shape index (κ3) is 2.38. The molecule has 8 heteroatoms. The number of aromatic nitrogens is 3. The second-order valence-electron chi connectivity index (χ2n) is 4.92. The molecule has 3 heterocycles. The molecule has 2 aromatic heterocycles. The lowest BCUT2D eigenvalue weighted by atomic mass is 10.0. The largest absolute Gasteiger partial charge is 0.478 e. The Bertz CT molecular complexity index is 767. The van der Waals surface area contributed by atoms with E-state index in [9.17, 15) is 13.2 Å². The van der Waals surface area contributed by atoms with E-state index in [1.165, 1.54) is 16.8 Å². The molecule has 0 atom stereocenters. The maximum Gasteiger partial charge on any atom is 0.337 e. The summed E-state index contributed by atoms with van der Waals surface area (Å²) in [4.78, 5) is 15.2. The van der Waals surface area contributed by atoms with Gasteiger partial charge in [0.15, 0.2) is 11.5 Å². The van der Waals surface area contributed by atoms with Gasteiger partial charge in [-0.25, -0.2) is 22.7 Å². The van der Waals surface area contributed by atoms with Crippen molar-refractivity contribution in [3.05, 3.63) is 29.7 Å². The first kappa shape index (κ1) is 13.0. The first-order valence-corrected chi connectivity index (χ1v) is 8.07. The van der Waals surface area contributed by atoms with Gasteiger partial charge < -0.3 is 5.11 Å². The van der Waals surface area contributed by atoms with Crippen molar-refractivity contribution < 1.29 is 18.3 Å². The highest BCUT2D eigenvalue weighted by Gasteiger charge is 2.27. The van der Waals surface area contributed by atoms with Gasteiger partial charge in [-0.05, 0) is 25.0 Å². The minimum atomic E-state index is -2.91. The molecule has 0 radical (unpaired) electrons. The highest BCUT2D eigenvalue weighted by Crippen LogP contribution is 2.27. The number of carboxylic acid groups (broad SMARTS) is 1. The zero-order valence-electron chi connectivity index (χ0n) is 10.6. The third-order valence-corrected chi connectivity index (χ3v) is 5.23. The van der Waals surface area contributed by atoms with Crippen molar-refractivity contribution in [2.24, 2.45) is 0 Å². The first-order valence-electron chi connectivity index (χ1n) is 6.25. The molecule has 7 nitrogen and oxygen atoms in total. The normalized spacial score (nSPS) is 19.2. The highest BCUT2D eigenvalue weighted by molar-refractivity contribution is 7.91. The molecule has 0 spiro atoms. The van der Waals surface area contributed by atoms with E-state index in [1.807, 2.05) is 0 Å². The quantitative estimate of drug-likeness (QED) is 0.876. The number of hydrogen-bond donors (Lipinski definition) is 1. The van der Waals surface area contributed by atoms with Crippen molar-refractivity contribution in [3.63, 3.8) is 0 Å². The van der Waals surface area contributed by atoms with Crippen LogP contribution in [0.5, 0.6) is 0 Å². The van der Waals surface area contributed by atoms with Gasteiger partial charge in [-0.1, -0.05) is 0 Å². The van der Waals surface area contributed by atoms with E-state index in [-0.39, 0.29) is 23.0 Å². The Morgan fingerprint density at radius 3 is 2.65 bits per heavy atom. The van der Waals surface area contributed by atoms with Gasteiger partial charge in [0.2, 0.25) is 0 Å². The predicted octanol–water partition coefficient (Wildman–Crippen LogP) is 0.720. The molecule has 0 unspecified atom stereocenters. The number of sulfone groups is 1. The lowest BCUT2D eigenvalue weighted by Gasteiger charge is -2.18. The molecular weight excluding hydrogens is 282 g/mol. The third-order valence-electron chi connectivity index (χ3n) is 3.51. The average molecular weight is 295 g/mol. The number of nitrogens with zero attached hydrogens (tertiary/aromatic N) is 3. The molecule has 1 saturated heterocycles. The van der Waals surface area contributed by atoms with Crippen LogP contribution in [0.2, 0.25) is 0 Å². The molecule has 0 aromatic carbocycles. The second kappa shape index (κ2) is 4.55. The maximum atomic E-state index is 11.4. The molecule has 0 bridgehead atoms. The smallest absolute Gasteiger partial charge is 0.337 e. The van der Waals surface area contributed by atoms with Crippen LogP contribution >= 0.6 is 0 Å². The Hall–Kier alpha value is -1.96. The number of rotatable bonds is 2. The SMILES string of the molecule is O=C(O)c1ccc2nc(C3CCS(=O)(=O)CC3)nn2c1. The van der Waals surface area contributed by atoms with E-state index in [1.54, 1.807) is 6.07 Å². The monoisotopic (exact) mass is 295 g/mol. The summed E-state index contributed by atoms with van der Waals surface area (Å²) in [6, 6.07) is 3.07. The van der Waals surface area contributed by atoms with Gasteiger partial charge in [0.1, 0.15) is 9.84 Å². The molecule has 0 saturated carbocycles. The molecule has 1 fully saturated rings. The molecule has 3 rings (SSSR count). The standard InChI is InChI=1S/C12H13N3O4S/c16-12(17)9-1-2-10-13-11(14-15(10)7-9)8-3-5-20(18,19)6-4-8/h1-2,7-8H,3-6H2,(H,16,17). The minimum absolute atomic E-state index is 0.0201. The molecular formula is C12H13N3O4S. The summed E-state index contributed by atoms with van der Waals surface area (Å²) in [5.41, 5.74) is 0.707. The Morgan fingerprint density at radius 2 is 2.00 bits per heavy atom. The lowest BCUT2D eigenvalue weighted by Crippen LogP contribution is -2.22.